The maximum atomic E-state index is 11.9. The number of hydrogen-bond donors (Lipinski definition) is 2. The van der Waals surface area contributed by atoms with E-state index in [1.54, 1.807) is 6.92 Å². The van der Waals surface area contributed by atoms with E-state index >= 15 is 0 Å². The molecule has 2 aliphatic rings. The molecule has 6 nitrogen and oxygen atoms in total. The molecule has 0 aromatic carbocycles. The van der Waals surface area contributed by atoms with Crippen molar-refractivity contribution in [3.63, 3.8) is 0 Å². The maximum Gasteiger partial charge on any atom is 0.269 e. The lowest BCUT2D eigenvalue weighted by Crippen LogP contribution is -2.37. The van der Waals surface area contributed by atoms with Crippen LogP contribution in [0.15, 0.2) is 5.10 Å². The van der Waals surface area contributed by atoms with E-state index in [2.05, 4.69) is 15.8 Å². The third kappa shape index (κ3) is 5.46. The Hall–Kier alpha value is -1.43. The first-order valence-electron chi connectivity index (χ1n) is 7.89. The van der Waals surface area contributed by atoms with Gasteiger partial charge in [-0.05, 0) is 32.6 Å². The van der Waals surface area contributed by atoms with Crippen LogP contribution in [0.2, 0.25) is 0 Å². The fourth-order valence-corrected chi connectivity index (χ4v) is 2.80. The first-order valence-corrected chi connectivity index (χ1v) is 7.89. The van der Waals surface area contributed by atoms with Gasteiger partial charge in [0.15, 0.2) is 0 Å². The van der Waals surface area contributed by atoms with Gasteiger partial charge in [0.1, 0.15) is 6.10 Å². The predicted octanol–water partition coefficient (Wildman–Crippen LogP) is 1.50. The SMILES string of the molecule is C/C(CC(=O)NC1CCCCC1)=N\NC(=O)C1CCCO1. The zero-order valence-electron chi connectivity index (χ0n) is 12.7. The van der Waals surface area contributed by atoms with E-state index in [1.165, 1.54) is 19.3 Å². The van der Waals surface area contributed by atoms with Crippen LogP contribution in [0.1, 0.15) is 58.3 Å². The van der Waals surface area contributed by atoms with Crippen molar-refractivity contribution in [2.24, 2.45) is 5.10 Å². The van der Waals surface area contributed by atoms with Crippen LogP contribution in [0, 0.1) is 0 Å². The Labute approximate surface area is 125 Å². The Bertz CT molecular complexity index is 397. The van der Waals surface area contributed by atoms with Crippen molar-refractivity contribution in [2.45, 2.75) is 70.4 Å². The molecule has 0 radical (unpaired) electrons. The average molecular weight is 295 g/mol. The van der Waals surface area contributed by atoms with Crippen LogP contribution in [0.25, 0.3) is 0 Å². The lowest BCUT2D eigenvalue weighted by Gasteiger charge is -2.22. The van der Waals surface area contributed by atoms with Crippen molar-refractivity contribution in [3.05, 3.63) is 0 Å². The van der Waals surface area contributed by atoms with Gasteiger partial charge in [-0.1, -0.05) is 19.3 Å². The molecule has 6 heteroatoms. The molecule has 1 saturated carbocycles. The molecule has 0 aromatic rings. The second-order valence-electron chi connectivity index (χ2n) is 5.90. The number of carbonyl (C=O) groups excluding carboxylic acids is 2. The summed E-state index contributed by atoms with van der Waals surface area (Å²) in [4.78, 5) is 23.6. The molecule has 1 aliphatic carbocycles. The molecule has 21 heavy (non-hydrogen) atoms. The lowest BCUT2D eigenvalue weighted by molar-refractivity contribution is -0.130. The van der Waals surface area contributed by atoms with Crippen molar-refractivity contribution in [2.75, 3.05) is 6.61 Å². The summed E-state index contributed by atoms with van der Waals surface area (Å²) < 4.78 is 5.27. The van der Waals surface area contributed by atoms with Crippen LogP contribution in [0.5, 0.6) is 0 Å². The maximum absolute atomic E-state index is 11.9. The molecule has 0 spiro atoms. The van der Waals surface area contributed by atoms with E-state index in [0.29, 0.717) is 18.4 Å². The fourth-order valence-electron chi connectivity index (χ4n) is 2.80. The van der Waals surface area contributed by atoms with Gasteiger partial charge in [-0.2, -0.15) is 5.10 Å². The summed E-state index contributed by atoms with van der Waals surface area (Å²) in [5, 5.41) is 7.01. The van der Waals surface area contributed by atoms with Gasteiger partial charge in [0.05, 0.1) is 6.42 Å². The van der Waals surface area contributed by atoms with Gasteiger partial charge in [-0.3, -0.25) is 9.59 Å². The van der Waals surface area contributed by atoms with Crippen molar-refractivity contribution < 1.29 is 14.3 Å². The topological polar surface area (TPSA) is 79.8 Å². The lowest BCUT2D eigenvalue weighted by atomic mass is 9.95. The third-order valence-corrected chi connectivity index (χ3v) is 3.97. The number of nitrogens with zero attached hydrogens (tertiary/aromatic N) is 1. The van der Waals surface area contributed by atoms with Gasteiger partial charge in [-0.15, -0.1) is 0 Å². The van der Waals surface area contributed by atoms with Crippen LogP contribution in [-0.2, 0) is 14.3 Å². The van der Waals surface area contributed by atoms with Crippen LogP contribution in [0.3, 0.4) is 0 Å². The molecule has 2 amide bonds. The Kier molecular flexibility index (Phi) is 6.17. The monoisotopic (exact) mass is 295 g/mol. The minimum absolute atomic E-state index is 0.0190. The summed E-state index contributed by atoms with van der Waals surface area (Å²) >= 11 is 0. The minimum Gasteiger partial charge on any atom is -0.368 e. The average Bonchev–Trinajstić information content (AvgIpc) is 3.00. The van der Waals surface area contributed by atoms with Gasteiger partial charge in [-0.25, -0.2) is 5.43 Å². The highest BCUT2D eigenvalue weighted by Gasteiger charge is 2.23. The van der Waals surface area contributed by atoms with Gasteiger partial charge < -0.3 is 10.1 Å². The molecule has 118 valence electrons. The van der Waals surface area contributed by atoms with Gasteiger partial charge in [0, 0.05) is 18.4 Å². The van der Waals surface area contributed by atoms with E-state index in [1.807, 2.05) is 0 Å². The molecule has 1 atom stereocenters. The fraction of sp³-hybridized carbons (Fsp3) is 0.800. The Morgan fingerprint density at radius 2 is 1.90 bits per heavy atom. The van der Waals surface area contributed by atoms with Crippen LogP contribution in [0.4, 0.5) is 0 Å². The Balaban J connectivity index is 1.69. The minimum atomic E-state index is -0.391. The quantitative estimate of drug-likeness (QED) is 0.596. The number of hydrogen-bond acceptors (Lipinski definition) is 4. The number of amides is 2. The smallest absolute Gasteiger partial charge is 0.269 e. The standard InChI is InChI=1S/C15H25N3O3/c1-11(17-18-15(20)13-8-5-9-21-13)10-14(19)16-12-6-3-2-4-7-12/h12-13H,2-10H2,1H3,(H,16,19)(H,18,20)/b17-11+. The second kappa shape index (κ2) is 8.12. The Morgan fingerprint density at radius 3 is 2.57 bits per heavy atom. The molecular weight excluding hydrogens is 270 g/mol. The zero-order valence-corrected chi connectivity index (χ0v) is 12.7. The van der Waals surface area contributed by atoms with Crippen molar-refractivity contribution in [1.82, 2.24) is 10.7 Å². The highest BCUT2D eigenvalue weighted by atomic mass is 16.5. The molecule has 2 N–H and O–H groups in total. The summed E-state index contributed by atoms with van der Waals surface area (Å²) in [6, 6.07) is 0.306. The van der Waals surface area contributed by atoms with Crippen molar-refractivity contribution in [1.29, 1.82) is 0 Å². The number of hydrazone groups is 1. The first kappa shape index (κ1) is 15.9. The molecule has 2 rings (SSSR count). The third-order valence-electron chi connectivity index (χ3n) is 3.97. The number of rotatable bonds is 5. The van der Waals surface area contributed by atoms with Crippen LogP contribution >= 0.6 is 0 Å². The molecular formula is C15H25N3O3. The first-order chi connectivity index (χ1) is 10.1. The van der Waals surface area contributed by atoms with E-state index in [9.17, 15) is 9.59 Å². The molecule has 1 aliphatic heterocycles. The molecule has 1 saturated heterocycles. The molecule has 1 heterocycles. The Morgan fingerprint density at radius 1 is 1.14 bits per heavy atom. The number of carbonyl (C=O) groups is 2. The molecule has 2 fully saturated rings. The van der Waals surface area contributed by atoms with Gasteiger partial charge in [0.25, 0.3) is 5.91 Å². The van der Waals surface area contributed by atoms with Gasteiger partial charge >= 0.3 is 0 Å². The largest absolute Gasteiger partial charge is 0.368 e. The predicted molar refractivity (Wildman–Crippen MR) is 79.9 cm³/mol. The van der Waals surface area contributed by atoms with Gasteiger partial charge in [0.2, 0.25) is 5.91 Å². The summed E-state index contributed by atoms with van der Waals surface area (Å²) in [5.41, 5.74) is 3.08. The van der Waals surface area contributed by atoms with Crippen molar-refractivity contribution >= 4 is 17.5 Å². The highest BCUT2D eigenvalue weighted by molar-refractivity contribution is 6.00. The summed E-state index contributed by atoms with van der Waals surface area (Å²) in [6.45, 7) is 2.38. The van der Waals surface area contributed by atoms with Crippen LogP contribution in [-0.4, -0.2) is 36.3 Å². The molecule has 1 unspecified atom stereocenters. The van der Waals surface area contributed by atoms with Crippen LogP contribution < -0.4 is 10.7 Å². The van der Waals surface area contributed by atoms with E-state index in [0.717, 1.165) is 25.7 Å². The number of nitrogens with one attached hydrogen (secondary N) is 2. The zero-order chi connectivity index (χ0) is 15.1. The highest BCUT2D eigenvalue weighted by Crippen LogP contribution is 2.17. The molecule has 0 bridgehead atoms. The van der Waals surface area contributed by atoms with Crippen molar-refractivity contribution in [3.8, 4) is 0 Å². The second-order valence-corrected chi connectivity index (χ2v) is 5.90. The normalized spacial score (nSPS) is 23.9. The van der Waals surface area contributed by atoms with E-state index < -0.39 is 6.10 Å². The summed E-state index contributed by atoms with van der Waals surface area (Å²) in [6.07, 6.45) is 7.26. The summed E-state index contributed by atoms with van der Waals surface area (Å²) in [5.74, 6) is -0.242. The van der Waals surface area contributed by atoms with E-state index in [4.69, 9.17) is 4.74 Å². The van der Waals surface area contributed by atoms with E-state index in [-0.39, 0.29) is 18.2 Å². The number of ether oxygens (including phenoxy) is 1. The summed E-state index contributed by atoms with van der Waals surface area (Å²) in [7, 11) is 0. The molecule has 0 aromatic heterocycles.